The van der Waals surface area contributed by atoms with Gasteiger partial charge in [-0.1, -0.05) is 54.6 Å². The molecule has 3 rings (SSSR count). The Morgan fingerprint density at radius 1 is 0.683 bits per heavy atom. The first kappa shape index (κ1) is 31.4. The third kappa shape index (κ3) is 8.92. The average Bonchev–Trinajstić information content (AvgIpc) is 3.02. The number of hydrogen-bond donors (Lipinski definition) is 1. The van der Waals surface area contributed by atoms with Crippen LogP contribution in [0.1, 0.15) is 31.1 Å². The van der Waals surface area contributed by atoms with E-state index in [-0.39, 0.29) is 16.7 Å². The van der Waals surface area contributed by atoms with Gasteiger partial charge < -0.3 is 28.4 Å². The van der Waals surface area contributed by atoms with Crippen LogP contribution < -0.4 is 0 Å². The van der Waals surface area contributed by atoms with Crippen LogP contribution in [0.5, 0.6) is 0 Å². The van der Waals surface area contributed by atoms with Crippen molar-refractivity contribution in [3.8, 4) is 0 Å². The number of aliphatic hydroxyl groups is 1. The van der Waals surface area contributed by atoms with E-state index in [1.165, 1.54) is 36.4 Å². The summed E-state index contributed by atoms with van der Waals surface area (Å²) >= 11 is 0. The fourth-order valence-electron chi connectivity index (χ4n) is 3.58. The summed E-state index contributed by atoms with van der Waals surface area (Å²) in [7, 11) is -1.86. The highest BCUT2D eigenvalue weighted by Gasteiger charge is 2.43. The third-order valence-electron chi connectivity index (χ3n) is 5.79. The number of carbonyl (C=O) groups is 4. The van der Waals surface area contributed by atoms with Crippen LogP contribution in [-0.2, 0) is 32.6 Å². The lowest BCUT2D eigenvalue weighted by atomic mass is 10.0. The van der Waals surface area contributed by atoms with E-state index in [0.29, 0.717) is 0 Å². The molecule has 12 heteroatoms. The number of ketones is 1. The van der Waals surface area contributed by atoms with E-state index >= 15 is 0 Å². The molecule has 216 valence electrons. The van der Waals surface area contributed by atoms with E-state index in [1.54, 1.807) is 54.6 Å². The molecular weight excluding hydrogens is 555 g/mol. The highest BCUT2D eigenvalue weighted by Crippen LogP contribution is 2.46. The first-order valence-corrected chi connectivity index (χ1v) is 14.1. The SMILES string of the molecule is COP(=O)(CC(=O)C(OC(=O)c1ccccc1)C(OC(=O)c1ccccc1)[C@@H](O)COC(=O)c1ccccc1)OC. The number of rotatable bonds is 14. The molecule has 41 heavy (non-hydrogen) atoms. The summed E-state index contributed by atoms with van der Waals surface area (Å²) in [6.07, 6.45) is -6.65. The normalized spacial score (nSPS) is 13.3. The van der Waals surface area contributed by atoms with E-state index < -0.39 is 62.4 Å². The van der Waals surface area contributed by atoms with Gasteiger partial charge in [0.1, 0.15) is 18.9 Å². The lowest BCUT2D eigenvalue weighted by Crippen LogP contribution is -2.50. The van der Waals surface area contributed by atoms with E-state index in [1.807, 2.05) is 0 Å². The van der Waals surface area contributed by atoms with Crippen molar-refractivity contribution in [2.24, 2.45) is 0 Å². The Bertz CT molecular complexity index is 1360. The van der Waals surface area contributed by atoms with Crippen molar-refractivity contribution < 1.29 is 52.1 Å². The van der Waals surface area contributed by atoms with Crippen molar-refractivity contribution in [2.45, 2.75) is 18.3 Å². The maximum Gasteiger partial charge on any atom is 0.338 e. The van der Waals surface area contributed by atoms with E-state index in [2.05, 4.69) is 0 Å². The molecule has 0 saturated heterocycles. The zero-order valence-corrected chi connectivity index (χ0v) is 23.2. The van der Waals surface area contributed by atoms with E-state index in [0.717, 1.165) is 14.2 Å². The van der Waals surface area contributed by atoms with Crippen molar-refractivity contribution in [1.82, 2.24) is 0 Å². The quantitative estimate of drug-likeness (QED) is 0.168. The van der Waals surface area contributed by atoms with Gasteiger partial charge in [0.2, 0.25) is 0 Å². The average molecular weight is 585 g/mol. The zero-order chi connectivity index (χ0) is 29.8. The third-order valence-corrected chi connectivity index (χ3v) is 7.60. The van der Waals surface area contributed by atoms with Gasteiger partial charge in [-0.25, -0.2) is 14.4 Å². The largest absolute Gasteiger partial charge is 0.459 e. The fraction of sp³-hybridized carbons (Fsp3) is 0.241. The lowest BCUT2D eigenvalue weighted by molar-refractivity contribution is -0.140. The van der Waals surface area contributed by atoms with E-state index in [9.17, 15) is 28.8 Å². The summed E-state index contributed by atoms with van der Waals surface area (Å²) in [6.45, 7) is -0.751. The van der Waals surface area contributed by atoms with Crippen molar-refractivity contribution >= 4 is 31.3 Å². The highest BCUT2D eigenvalue weighted by molar-refractivity contribution is 7.54. The summed E-state index contributed by atoms with van der Waals surface area (Å²) in [4.78, 5) is 51.9. The van der Waals surface area contributed by atoms with Crippen LogP contribution in [0.25, 0.3) is 0 Å². The summed E-state index contributed by atoms with van der Waals surface area (Å²) in [5, 5.41) is 11.1. The van der Waals surface area contributed by atoms with E-state index in [4.69, 9.17) is 23.3 Å². The van der Waals surface area contributed by atoms with Gasteiger partial charge in [-0.15, -0.1) is 0 Å². The number of esters is 3. The van der Waals surface area contributed by atoms with Crippen LogP contribution in [0.3, 0.4) is 0 Å². The highest BCUT2D eigenvalue weighted by atomic mass is 31.2. The van der Waals surface area contributed by atoms with Gasteiger partial charge in [-0.2, -0.15) is 0 Å². The Morgan fingerprint density at radius 3 is 1.54 bits per heavy atom. The molecule has 2 unspecified atom stereocenters. The second-order valence-corrected chi connectivity index (χ2v) is 10.8. The Kier molecular flexibility index (Phi) is 11.5. The van der Waals surface area contributed by atoms with Crippen LogP contribution in [0.2, 0.25) is 0 Å². The minimum Gasteiger partial charge on any atom is -0.459 e. The van der Waals surface area contributed by atoms with Crippen LogP contribution in [0.15, 0.2) is 91.0 Å². The van der Waals surface area contributed by atoms with Crippen LogP contribution in [0, 0.1) is 0 Å². The molecule has 0 saturated carbocycles. The minimum atomic E-state index is -3.99. The van der Waals surface area contributed by atoms with Crippen LogP contribution in [-0.4, -0.2) is 74.1 Å². The van der Waals surface area contributed by atoms with Crippen LogP contribution >= 0.6 is 7.60 Å². The molecule has 0 aliphatic heterocycles. The van der Waals surface area contributed by atoms with Crippen molar-refractivity contribution in [3.05, 3.63) is 108 Å². The van der Waals surface area contributed by atoms with Crippen molar-refractivity contribution in [1.29, 1.82) is 0 Å². The summed E-state index contributed by atoms with van der Waals surface area (Å²) in [5.41, 5.74) is 0.290. The number of carbonyl (C=O) groups excluding carboxylic acids is 4. The van der Waals surface area contributed by atoms with Crippen LogP contribution in [0.4, 0.5) is 0 Å². The first-order chi connectivity index (χ1) is 19.7. The molecule has 0 aliphatic rings. The molecule has 0 heterocycles. The molecule has 3 aromatic rings. The molecule has 1 N–H and O–H groups in total. The molecule has 0 amide bonds. The Morgan fingerprint density at radius 2 is 1.10 bits per heavy atom. The van der Waals surface area contributed by atoms with Gasteiger partial charge >= 0.3 is 25.5 Å². The van der Waals surface area contributed by atoms with Gasteiger partial charge in [0.05, 0.1) is 16.7 Å². The Balaban J connectivity index is 1.96. The Labute approximate surface area is 236 Å². The summed E-state index contributed by atoms with van der Waals surface area (Å²) < 4.78 is 38.6. The molecule has 0 bridgehead atoms. The van der Waals surface area contributed by atoms with Crippen molar-refractivity contribution in [2.75, 3.05) is 27.0 Å². The standard InChI is InChI=1S/C29H29O11P/c1-36-41(35,37-2)19-24(31)26(40-29(34)22-16-10-5-11-17-22)25(39-28(33)21-14-8-4-9-15-21)23(30)18-38-27(32)20-12-6-3-7-13-20/h3-17,23,25-26,30H,18-19H2,1-2H3/t23-,25?,26?/m0/s1. The van der Waals surface area contributed by atoms with Gasteiger partial charge in [0, 0.05) is 14.2 Å². The number of Topliss-reactive ketones (excluding diaryl/α,β-unsaturated/α-hetero) is 1. The number of benzene rings is 3. The molecule has 0 spiro atoms. The van der Waals surface area contributed by atoms with Gasteiger partial charge in [-0.3, -0.25) is 9.36 Å². The first-order valence-electron chi connectivity index (χ1n) is 12.3. The second kappa shape index (κ2) is 15.0. The minimum absolute atomic E-state index is 0.0464. The van der Waals surface area contributed by atoms with Gasteiger partial charge in [-0.05, 0) is 36.4 Å². The Hall–Kier alpha value is -4.15. The molecule has 0 aliphatic carbocycles. The molecular formula is C29H29O11P. The zero-order valence-electron chi connectivity index (χ0n) is 22.3. The maximum atomic E-state index is 13.4. The van der Waals surface area contributed by atoms with Gasteiger partial charge in [0.25, 0.3) is 0 Å². The monoisotopic (exact) mass is 584 g/mol. The number of aliphatic hydroxyl groups excluding tert-OH is 1. The topological polar surface area (TPSA) is 152 Å². The molecule has 3 aromatic carbocycles. The van der Waals surface area contributed by atoms with Crippen molar-refractivity contribution in [3.63, 3.8) is 0 Å². The predicted molar refractivity (Wildman–Crippen MR) is 146 cm³/mol. The molecule has 0 fully saturated rings. The smallest absolute Gasteiger partial charge is 0.338 e. The molecule has 11 nitrogen and oxygen atoms in total. The number of ether oxygens (including phenoxy) is 3. The molecule has 0 radical (unpaired) electrons. The van der Waals surface area contributed by atoms with Gasteiger partial charge in [0.15, 0.2) is 18.0 Å². The summed E-state index contributed by atoms with van der Waals surface area (Å²) in [6, 6.07) is 23.1. The fourth-order valence-corrected chi connectivity index (χ4v) is 4.55. The summed E-state index contributed by atoms with van der Waals surface area (Å²) in [5.74, 6) is -3.81. The second-order valence-electron chi connectivity index (χ2n) is 8.56. The maximum absolute atomic E-state index is 13.4. The number of hydrogen-bond acceptors (Lipinski definition) is 11. The molecule has 3 atom stereocenters. The predicted octanol–water partition coefficient (Wildman–Crippen LogP) is 3.71. The lowest BCUT2D eigenvalue weighted by Gasteiger charge is -2.30. The molecule has 0 aromatic heterocycles.